The van der Waals surface area contributed by atoms with E-state index in [4.69, 9.17) is 22.2 Å². The molecular weight excluding hydrogens is 226 g/mol. The van der Waals surface area contributed by atoms with Crippen LogP contribution in [0.2, 0.25) is 5.02 Å². The molecule has 0 spiro atoms. The molecule has 0 radical (unpaired) electrons. The molecule has 0 saturated heterocycles. The summed E-state index contributed by atoms with van der Waals surface area (Å²) in [6, 6.07) is 5.65. The third kappa shape index (κ3) is 3.98. The van der Waals surface area contributed by atoms with E-state index in [0.29, 0.717) is 6.67 Å². The second kappa shape index (κ2) is 6.70. The molecule has 90 valence electrons. The van der Waals surface area contributed by atoms with Gasteiger partial charge in [0.25, 0.3) is 0 Å². The minimum atomic E-state index is 0.656. The normalized spacial score (nSPS) is 10.8. The number of nitrogens with one attached hydrogen (secondary N) is 1. The van der Waals surface area contributed by atoms with Gasteiger partial charge in [0.05, 0.1) is 13.8 Å². The molecule has 1 aromatic carbocycles. The first-order valence-corrected chi connectivity index (χ1v) is 5.49. The maximum atomic E-state index is 5.95. The van der Waals surface area contributed by atoms with Gasteiger partial charge in [-0.05, 0) is 37.2 Å². The van der Waals surface area contributed by atoms with Crippen LogP contribution in [0.25, 0.3) is 0 Å². The van der Waals surface area contributed by atoms with E-state index in [-0.39, 0.29) is 0 Å². The quantitative estimate of drug-likeness (QED) is 0.449. The van der Waals surface area contributed by atoms with Crippen LogP contribution in [-0.4, -0.2) is 32.3 Å². The summed E-state index contributed by atoms with van der Waals surface area (Å²) < 4.78 is 5.28. The average Bonchev–Trinajstić information content (AvgIpc) is 2.27. The Morgan fingerprint density at radius 3 is 2.88 bits per heavy atom. The number of rotatable bonds is 6. The Bertz CT molecular complexity index is 333. The van der Waals surface area contributed by atoms with E-state index < -0.39 is 0 Å². The highest BCUT2D eigenvalue weighted by molar-refractivity contribution is 6.30. The van der Waals surface area contributed by atoms with Crippen LogP contribution in [0.3, 0.4) is 0 Å². The molecule has 0 aromatic heterocycles. The number of hydrogen-bond acceptors (Lipinski definition) is 4. The van der Waals surface area contributed by atoms with Crippen molar-refractivity contribution < 1.29 is 4.74 Å². The summed E-state index contributed by atoms with van der Waals surface area (Å²) in [5.74, 6) is 6.11. The fourth-order valence-electron chi connectivity index (χ4n) is 1.49. The molecule has 0 fully saturated rings. The first-order chi connectivity index (χ1) is 7.67. The van der Waals surface area contributed by atoms with E-state index in [1.54, 1.807) is 7.11 Å². The summed E-state index contributed by atoms with van der Waals surface area (Å²) in [7, 11) is 3.66. The molecule has 1 aromatic rings. The lowest BCUT2D eigenvalue weighted by molar-refractivity contribution is 0.310. The average molecular weight is 244 g/mol. The monoisotopic (exact) mass is 243 g/mol. The van der Waals surface area contributed by atoms with Crippen LogP contribution in [0, 0.1) is 0 Å². The highest BCUT2D eigenvalue weighted by Crippen LogP contribution is 2.22. The zero-order valence-electron chi connectivity index (χ0n) is 9.66. The minimum Gasteiger partial charge on any atom is -0.496 e. The number of hydrogen-bond donors (Lipinski definition) is 2. The molecule has 16 heavy (non-hydrogen) atoms. The van der Waals surface area contributed by atoms with Crippen LogP contribution in [0.5, 0.6) is 5.75 Å². The Kier molecular flexibility index (Phi) is 5.55. The number of methoxy groups -OCH3 is 1. The fourth-order valence-corrected chi connectivity index (χ4v) is 1.68. The summed E-state index contributed by atoms with van der Waals surface area (Å²) in [4.78, 5) is 2.08. The predicted octanol–water partition coefficient (Wildman–Crippen LogP) is 1.24. The molecule has 0 unspecified atom stereocenters. The van der Waals surface area contributed by atoms with Crippen molar-refractivity contribution in [3.63, 3.8) is 0 Å². The van der Waals surface area contributed by atoms with Gasteiger partial charge in [-0.3, -0.25) is 10.7 Å². The predicted molar refractivity (Wildman–Crippen MR) is 66.5 cm³/mol. The van der Waals surface area contributed by atoms with Gasteiger partial charge in [0.2, 0.25) is 0 Å². The van der Waals surface area contributed by atoms with Gasteiger partial charge in [-0.2, -0.15) is 0 Å². The molecule has 5 heteroatoms. The molecule has 4 nitrogen and oxygen atoms in total. The Hall–Kier alpha value is -0.810. The summed E-state index contributed by atoms with van der Waals surface area (Å²) in [5, 5.41) is 0.732. The van der Waals surface area contributed by atoms with E-state index in [9.17, 15) is 0 Å². The van der Waals surface area contributed by atoms with Crippen molar-refractivity contribution in [1.82, 2.24) is 10.3 Å². The summed E-state index contributed by atoms with van der Waals surface area (Å²) >= 11 is 5.95. The topological polar surface area (TPSA) is 50.5 Å². The lowest BCUT2D eigenvalue weighted by Crippen LogP contribution is -2.36. The molecular formula is C11H18ClN3O. The lowest BCUT2D eigenvalue weighted by atomic mass is 10.1. The van der Waals surface area contributed by atoms with Gasteiger partial charge < -0.3 is 4.74 Å². The third-order valence-corrected chi connectivity index (χ3v) is 2.60. The zero-order valence-corrected chi connectivity index (χ0v) is 10.4. The van der Waals surface area contributed by atoms with Crippen LogP contribution >= 0.6 is 11.6 Å². The molecule has 1 rings (SSSR count). The van der Waals surface area contributed by atoms with Gasteiger partial charge >= 0.3 is 0 Å². The van der Waals surface area contributed by atoms with Gasteiger partial charge in [-0.1, -0.05) is 11.6 Å². The van der Waals surface area contributed by atoms with E-state index in [0.717, 1.165) is 29.3 Å². The van der Waals surface area contributed by atoms with Crippen molar-refractivity contribution >= 4 is 11.6 Å². The third-order valence-electron chi connectivity index (χ3n) is 2.37. The van der Waals surface area contributed by atoms with Crippen molar-refractivity contribution in [2.75, 3.05) is 27.4 Å². The largest absolute Gasteiger partial charge is 0.496 e. The number of nitrogens with two attached hydrogens (primary N) is 1. The zero-order chi connectivity index (χ0) is 12.0. The van der Waals surface area contributed by atoms with Crippen LogP contribution in [-0.2, 0) is 6.42 Å². The number of nitrogens with zero attached hydrogens (tertiary/aromatic N) is 1. The second-order valence-corrected chi connectivity index (χ2v) is 4.08. The van der Waals surface area contributed by atoms with E-state index >= 15 is 0 Å². The number of likely N-dealkylation sites (N-methyl/N-ethyl adjacent to an activating group) is 1. The molecule has 0 amide bonds. The first kappa shape index (κ1) is 13.3. The number of ether oxygens (including phenoxy) is 1. The Labute approximate surface area is 101 Å². The van der Waals surface area contributed by atoms with E-state index in [1.807, 2.05) is 25.2 Å². The van der Waals surface area contributed by atoms with Crippen molar-refractivity contribution in [1.29, 1.82) is 0 Å². The van der Waals surface area contributed by atoms with Crippen LogP contribution < -0.4 is 16.0 Å². The first-order valence-electron chi connectivity index (χ1n) is 5.11. The van der Waals surface area contributed by atoms with E-state index in [2.05, 4.69) is 10.3 Å². The molecule has 0 aliphatic rings. The van der Waals surface area contributed by atoms with E-state index in [1.165, 1.54) is 0 Å². The number of hydrazine groups is 1. The van der Waals surface area contributed by atoms with Crippen LogP contribution in [0.1, 0.15) is 5.56 Å². The molecule has 0 heterocycles. The van der Waals surface area contributed by atoms with Gasteiger partial charge in [-0.25, -0.2) is 5.43 Å². The maximum absolute atomic E-state index is 5.95. The molecule has 0 aliphatic carbocycles. The molecule has 0 atom stereocenters. The highest BCUT2D eigenvalue weighted by atomic mass is 35.5. The second-order valence-electron chi connectivity index (χ2n) is 3.65. The molecule has 0 bridgehead atoms. The molecule has 0 saturated carbocycles. The highest BCUT2D eigenvalue weighted by Gasteiger charge is 2.05. The van der Waals surface area contributed by atoms with Gasteiger partial charge in [0.15, 0.2) is 0 Å². The van der Waals surface area contributed by atoms with Gasteiger partial charge in [-0.15, -0.1) is 0 Å². The summed E-state index contributed by atoms with van der Waals surface area (Å²) in [6.07, 6.45) is 0.877. The van der Waals surface area contributed by atoms with Gasteiger partial charge in [0, 0.05) is 11.6 Å². The Morgan fingerprint density at radius 1 is 1.50 bits per heavy atom. The van der Waals surface area contributed by atoms with Crippen molar-refractivity contribution in [2.45, 2.75) is 6.42 Å². The lowest BCUT2D eigenvalue weighted by Gasteiger charge is -2.16. The van der Waals surface area contributed by atoms with Gasteiger partial charge in [0.1, 0.15) is 5.75 Å². The summed E-state index contributed by atoms with van der Waals surface area (Å²) in [5.41, 5.74) is 3.72. The van der Waals surface area contributed by atoms with Crippen LogP contribution in [0.4, 0.5) is 0 Å². The SMILES string of the molecule is COc1ccc(Cl)cc1CCN(C)CNN. The maximum Gasteiger partial charge on any atom is 0.122 e. The molecule has 3 N–H and O–H groups in total. The number of benzene rings is 1. The number of halogens is 1. The smallest absolute Gasteiger partial charge is 0.122 e. The standard InChI is InChI=1S/C11H18ClN3O/c1-15(8-14-13)6-5-9-7-10(12)3-4-11(9)16-2/h3-4,7,14H,5-6,8,13H2,1-2H3. The molecule has 0 aliphatic heterocycles. The van der Waals surface area contributed by atoms with Crippen LogP contribution in [0.15, 0.2) is 18.2 Å². The Balaban J connectivity index is 2.61. The Morgan fingerprint density at radius 2 is 2.25 bits per heavy atom. The van der Waals surface area contributed by atoms with Crippen molar-refractivity contribution in [2.24, 2.45) is 5.84 Å². The minimum absolute atomic E-state index is 0.656. The summed E-state index contributed by atoms with van der Waals surface area (Å²) in [6.45, 7) is 1.55. The fraction of sp³-hybridized carbons (Fsp3) is 0.455. The van der Waals surface area contributed by atoms with Crippen molar-refractivity contribution in [3.8, 4) is 5.75 Å². The van der Waals surface area contributed by atoms with Crippen molar-refractivity contribution in [3.05, 3.63) is 28.8 Å².